The molecule has 1 aromatic rings. The summed E-state index contributed by atoms with van der Waals surface area (Å²) in [4.78, 5) is 22.0. The predicted octanol–water partition coefficient (Wildman–Crippen LogP) is 2.33. The van der Waals surface area contributed by atoms with Crippen LogP contribution in [0.3, 0.4) is 0 Å². The lowest BCUT2D eigenvalue weighted by Gasteiger charge is -2.11. The second-order valence-electron chi connectivity index (χ2n) is 4.21. The molecule has 1 rings (SSSR count). The van der Waals surface area contributed by atoms with E-state index in [2.05, 4.69) is 4.74 Å². The minimum atomic E-state index is -0.337. The molecule has 1 aromatic carbocycles. The van der Waals surface area contributed by atoms with Crippen molar-refractivity contribution in [1.82, 2.24) is 0 Å². The van der Waals surface area contributed by atoms with Crippen LogP contribution >= 0.6 is 0 Å². The zero-order chi connectivity index (χ0) is 13.7. The van der Waals surface area contributed by atoms with Crippen LogP contribution in [-0.4, -0.2) is 19.0 Å². The van der Waals surface area contributed by atoms with Crippen molar-refractivity contribution in [3.63, 3.8) is 0 Å². The number of esters is 2. The van der Waals surface area contributed by atoms with Crippen molar-refractivity contribution in [1.29, 1.82) is 0 Å². The number of hydrogen-bond donors (Lipinski definition) is 0. The first-order chi connectivity index (χ1) is 8.43. The first-order valence-electron chi connectivity index (χ1n) is 5.79. The number of hydrogen-bond acceptors (Lipinski definition) is 4. The Labute approximate surface area is 107 Å². The largest absolute Gasteiger partial charge is 0.469 e. The van der Waals surface area contributed by atoms with Gasteiger partial charge in [0.25, 0.3) is 0 Å². The summed E-state index contributed by atoms with van der Waals surface area (Å²) < 4.78 is 9.67. The van der Waals surface area contributed by atoms with Gasteiger partial charge in [-0.15, -0.1) is 0 Å². The highest BCUT2D eigenvalue weighted by molar-refractivity contribution is 5.70. The van der Waals surface area contributed by atoms with Gasteiger partial charge in [0.15, 0.2) is 0 Å². The first-order valence-corrected chi connectivity index (χ1v) is 5.79. The van der Waals surface area contributed by atoms with Crippen LogP contribution in [-0.2, 0) is 20.7 Å². The molecular weight excluding hydrogens is 232 g/mol. The molecule has 0 saturated heterocycles. The molecule has 0 bridgehead atoms. The van der Waals surface area contributed by atoms with Crippen LogP contribution in [0.25, 0.3) is 0 Å². The third-order valence-corrected chi connectivity index (χ3v) is 2.74. The third-order valence-electron chi connectivity index (χ3n) is 2.74. The Kier molecular flexibility index (Phi) is 4.89. The fraction of sp³-hybridized carbons (Fsp3) is 0.429. The molecule has 0 aliphatic carbocycles. The number of methoxy groups -OCH3 is 1. The van der Waals surface area contributed by atoms with Gasteiger partial charge in [-0.05, 0) is 49.1 Å². The Bertz CT molecular complexity index is 440. The van der Waals surface area contributed by atoms with E-state index in [-0.39, 0.29) is 11.9 Å². The van der Waals surface area contributed by atoms with Crippen molar-refractivity contribution < 1.29 is 19.1 Å². The average molecular weight is 250 g/mol. The summed E-state index contributed by atoms with van der Waals surface area (Å²) in [5.41, 5.74) is 3.11. The van der Waals surface area contributed by atoms with E-state index in [9.17, 15) is 9.59 Å². The van der Waals surface area contributed by atoms with Gasteiger partial charge in [0.2, 0.25) is 0 Å². The standard InChI is InChI=1S/C14H18O4/c1-9-7-12(18-11(3)15)8-10(2)13(9)5-6-14(16)17-4/h7-8H,5-6H2,1-4H3. The molecule has 0 fully saturated rings. The van der Waals surface area contributed by atoms with Gasteiger partial charge in [-0.3, -0.25) is 9.59 Å². The predicted molar refractivity (Wildman–Crippen MR) is 67.6 cm³/mol. The molecule has 4 heteroatoms. The number of carbonyl (C=O) groups excluding carboxylic acids is 2. The number of ether oxygens (including phenoxy) is 2. The topological polar surface area (TPSA) is 52.6 Å². The molecule has 0 saturated carbocycles. The Balaban J connectivity index is 2.87. The van der Waals surface area contributed by atoms with E-state index in [1.165, 1.54) is 14.0 Å². The lowest BCUT2D eigenvalue weighted by atomic mass is 9.98. The molecule has 98 valence electrons. The summed E-state index contributed by atoms with van der Waals surface area (Å²) >= 11 is 0. The van der Waals surface area contributed by atoms with Crippen LogP contribution in [0.1, 0.15) is 30.0 Å². The lowest BCUT2D eigenvalue weighted by molar-refractivity contribution is -0.140. The number of rotatable bonds is 4. The minimum Gasteiger partial charge on any atom is -0.469 e. The highest BCUT2D eigenvalue weighted by atomic mass is 16.5. The van der Waals surface area contributed by atoms with Gasteiger partial charge in [-0.25, -0.2) is 0 Å². The van der Waals surface area contributed by atoms with E-state index in [1.54, 1.807) is 12.1 Å². The number of carbonyl (C=O) groups is 2. The summed E-state index contributed by atoms with van der Waals surface area (Å²) in [5.74, 6) is -0.0201. The fourth-order valence-electron chi connectivity index (χ4n) is 1.90. The van der Waals surface area contributed by atoms with Gasteiger partial charge in [0.05, 0.1) is 7.11 Å². The zero-order valence-electron chi connectivity index (χ0n) is 11.2. The van der Waals surface area contributed by atoms with Crippen LogP contribution in [0, 0.1) is 13.8 Å². The van der Waals surface area contributed by atoms with Gasteiger partial charge < -0.3 is 9.47 Å². The minimum absolute atomic E-state index is 0.224. The van der Waals surface area contributed by atoms with Gasteiger partial charge in [0.1, 0.15) is 5.75 Å². The zero-order valence-corrected chi connectivity index (χ0v) is 11.2. The van der Waals surface area contributed by atoms with Crippen molar-refractivity contribution in [2.24, 2.45) is 0 Å². The van der Waals surface area contributed by atoms with Gasteiger partial charge >= 0.3 is 11.9 Å². The molecule has 0 atom stereocenters. The van der Waals surface area contributed by atoms with E-state index in [0.29, 0.717) is 18.6 Å². The van der Waals surface area contributed by atoms with E-state index in [1.807, 2.05) is 13.8 Å². The molecule has 0 unspecified atom stereocenters. The highest BCUT2D eigenvalue weighted by Gasteiger charge is 2.09. The molecule has 0 N–H and O–H groups in total. The Morgan fingerprint density at radius 1 is 1.17 bits per heavy atom. The average Bonchev–Trinajstić information content (AvgIpc) is 2.26. The van der Waals surface area contributed by atoms with Crippen molar-refractivity contribution >= 4 is 11.9 Å². The van der Waals surface area contributed by atoms with Crippen LogP contribution in [0.4, 0.5) is 0 Å². The SMILES string of the molecule is COC(=O)CCc1c(C)cc(OC(C)=O)cc1C. The Morgan fingerprint density at radius 3 is 2.17 bits per heavy atom. The summed E-state index contributed by atoms with van der Waals surface area (Å²) in [6.07, 6.45) is 0.982. The maximum atomic E-state index is 11.1. The normalized spacial score (nSPS) is 10.0. The van der Waals surface area contributed by atoms with Crippen molar-refractivity contribution in [2.75, 3.05) is 7.11 Å². The van der Waals surface area contributed by atoms with Gasteiger partial charge in [-0.2, -0.15) is 0 Å². The quantitative estimate of drug-likeness (QED) is 0.608. The van der Waals surface area contributed by atoms with Crippen molar-refractivity contribution in [2.45, 2.75) is 33.6 Å². The molecule has 0 aliphatic rings. The van der Waals surface area contributed by atoms with E-state index in [0.717, 1.165) is 16.7 Å². The molecule has 0 radical (unpaired) electrons. The Morgan fingerprint density at radius 2 is 1.72 bits per heavy atom. The second kappa shape index (κ2) is 6.19. The monoisotopic (exact) mass is 250 g/mol. The van der Waals surface area contributed by atoms with Crippen LogP contribution in [0.5, 0.6) is 5.75 Å². The van der Waals surface area contributed by atoms with Crippen molar-refractivity contribution in [3.05, 3.63) is 28.8 Å². The summed E-state index contributed by atoms with van der Waals surface area (Å²) in [6, 6.07) is 3.61. The summed E-state index contributed by atoms with van der Waals surface area (Å²) in [6.45, 7) is 5.25. The van der Waals surface area contributed by atoms with Gasteiger partial charge in [0, 0.05) is 13.3 Å². The first kappa shape index (κ1) is 14.2. The van der Waals surface area contributed by atoms with E-state index >= 15 is 0 Å². The molecule has 0 aromatic heterocycles. The highest BCUT2D eigenvalue weighted by Crippen LogP contribution is 2.23. The van der Waals surface area contributed by atoms with E-state index in [4.69, 9.17) is 4.74 Å². The molecule has 0 spiro atoms. The maximum absolute atomic E-state index is 11.1. The molecule has 18 heavy (non-hydrogen) atoms. The van der Waals surface area contributed by atoms with Crippen LogP contribution in [0.15, 0.2) is 12.1 Å². The lowest BCUT2D eigenvalue weighted by Crippen LogP contribution is -2.06. The molecule has 4 nitrogen and oxygen atoms in total. The maximum Gasteiger partial charge on any atom is 0.308 e. The molecular formula is C14H18O4. The smallest absolute Gasteiger partial charge is 0.308 e. The van der Waals surface area contributed by atoms with Crippen LogP contribution in [0.2, 0.25) is 0 Å². The van der Waals surface area contributed by atoms with Crippen LogP contribution < -0.4 is 4.74 Å². The molecule has 0 amide bonds. The van der Waals surface area contributed by atoms with Gasteiger partial charge in [-0.1, -0.05) is 0 Å². The number of aryl methyl sites for hydroxylation is 2. The summed E-state index contributed by atoms with van der Waals surface area (Å²) in [7, 11) is 1.38. The molecule has 0 aliphatic heterocycles. The summed E-state index contributed by atoms with van der Waals surface area (Å²) in [5, 5.41) is 0. The second-order valence-corrected chi connectivity index (χ2v) is 4.21. The number of benzene rings is 1. The van der Waals surface area contributed by atoms with E-state index < -0.39 is 0 Å². The third kappa shape index (κ3) is 3.87. The Hall–Kier alpha value is -1.84. The molecule has 0 heterocycles. The fourth-order valence-corrected chi connectivity index (χ4v) is 1.90. The van der Waals surface area contributed by atoms with Crippen molar-refractivity contribution in [3.8, 4) is 5.75 Å².